The van der Waals surface area contributed by atoms with Crippen LogP contribution in [-0.4, -0.2) is 36.0 Å². The van der Waals surface area contributed by atoms with Gasteiger partial charge in [-0.3, -0.25) is 5.32 Å². The number of rotatable bonds is 5. The number of ether oxygens (including phenoxy) is 2. The Labute approximate surface area is 134 Å². The van der Waals surface area contributed by atoms with Crippen LogP contribution < -0.4 is 5.32 Å². The lowest BCUT2D eigenvalue weighted by molar-refractivity contribution is -0.148. The Kier molecular flexibility index (Phi) is 6.20. The Bertz CT molecular complexity index is 553. The Balaban J connectivity index is 2.86. The molecule has 1 amide bonds. The number of carboxylic acids is 1. The summed E-state index contributed by atoms with van der Waals surface area (Å²) >= 11 is 6.03. The minimum absolute atomic E-state index is 0.159. The van der Waals surface area contributed by atoms with Crippen molar-refractivity contribution in [3.05, 3.63) is 28.8 Å². The molecular formula is C15H20ClNO5. The van der Waals surface area contributed by atoms with E-state index in [1.165, 1.54) is 7.11 Å². The van der Waals surface area contributed by atoms with Crippen molar-refractivity contribution in [3.63, 3.8) is 0 Å². The molecule has 1 atom stereocenters. The highest BCUT2D eigenvalue weighted by Crippen LogP contribution is 2.24. The summed E-state index contributed by atoms with van der Waals surface area (Å²) < 4.78 is 10.0. The van der Waals surface area contributed by atoms with Gasteiger partial charge in [-0.2, -0.15) is 0 Å². The molecule has 0 aliphatic heterocycles. The zero-order valence-corrected chi connectivity index (χ0v) is 13.7. The average Bonchev–Trinajstić information content (AvgIpc) is 2.36. The number of amides is 1. The number of aliphatic carboxylic acids is 1. The van der Waals surface area contributed by atoms with Gasteiger partial charge < -0.3 is 14.6 Å². The number of hydrogen-bond acceptors (Lipinski definition) is 4. The second-order valence-corrected chi connectivity index (χ2v) is 6.11. The lowest BCUT2D eigenvalue weighted by Gasteiger charge is -2.20. The topological polar surface area (TPSA) is 84.9 Å². The summed E-state index contributed by atoms with van der Waals surface area (Å²) in [6.07, 6.45) is -1.44. The highest BCUT2D eigenvalue weighted by atomic mass is 35.5. The van der Waals surface area contributed by atoms with Crippen molar-refractivity contribution in [2.45, 2.75) is 38.9 Å². The van der Waals surface area contributed by atoms with E-state index in [0.29, 0.717) is 16.3 Å². The van der Waals surface area contributed by atoms with Crippen molar-refractivity contribution in [2.24, 2.45) is 0 Å². The van der Waals surface area contributed by atoms with Gasteiger partial charge in [0.25, 0.3) is 0 Å². The molecule has 0 fully saturated rings. The summed E-state index contributed by atoms with van der Waals surface area (Å²) in [6, 6.07) is 4.86. The molecule has 22 heavy (non-hydrogen) atoms. The van der Waals surface area contributed by atoms with Gasteiger partial charge in [0.2, 0.25) is 0 Å². The van der Waals surface area contributed by atoms with Crippen molar-refractivity contribution in [3.8, 4) is 0 Å². The van der Waals surface area contributed by atoms with E-state index in [4.69, 9.17) is 26.2 Å². The third kappa shape index (κ3) is 5.91. The number of benzene rings is 1. The first-order valence-corrected chi connectivity index (χ1v) is 7.04. The second-order valence-electron chi connectivity index (χ2n) is 5.71. The zero-order chi connectivity index (χ0) is 16.9. The second kappa shape index (κ2) is 7.47. The first-order valence-electron chi connectivity index (χ1n) is 6.66. The molecule has 2 N–H and O–H groups in total. The summed E-state index contributed by atoms with van der Waals surface area (Å²) in [5.74, 6) is -1.06. The highest BCUT2D eigenvalue weighted by Gasteiger charge is 2.19. The van der Waals surface area contributed by atoms with E-state index in [2.05, 4.69) is 5.32 Å². The summed E-state index contributed by atoms with van der Waals surface area (Å²) in [7, 11) is 1.33. The van der Waals surface area contributed by atoms with Crippen LogP contribution >= 0.6 is 11.6 Å². The lowest BCUT2D eigenvalue weighted by Crippen LogP contribution is -2.27. The number of hydrogen-bond donors (Lipinski definition) is 2. The van der Waals surface area contributed by atoms with Crippen LogP contribution in [-0.2, 0) is 20.7 Å². The SMILES string of the molecule is COC(Cc1ccc(Cl)c(NC(=O)OC(C)(C)C)c1)C(=O)O. The zero-order valence-electron chi connectivity index (χ0n) is 13.0. The summed E-state index contributed by atoms with van der Waals surface area (Å²) in [5.41, 5.74) is 0.400. The van der Waals surface area contributed by atoms with Crippen LogP contribution in [0.1, 0.15) is 26.3 Å². The fourth-order valence-electron chi connectivity index (χ4n) is 1.69. The molecule has 0 saturated carbocycles. The molecule has 0 heterocycles. The quantitative estimate of drug-likeness (QED) is 0.865. The predicted octanol–water partition coefficient (Wildman–Crippen LogP) is 3.33. The van der Waals surface area contributed by atoms with Crippen LogP contribution in [0.3, 0.4) is 0 Å². The van der Waals surface area contributed by atoms with Crippen LogP contribution in [0.25, 0.3) is 0 Å². The van der Waals surface area contributed by atoms with Gasteiger partial charge in [0, 0.05) is 13.5 Å². The molecule has 1 unspecified atom stereocenters. The van der Waals surface area contributed by atoms with Crippen LogP contribution in [0, 0.1) is 0 Å². The van der Waals surface area contributed by atoms with E-state index in [1.807, 2.05) is 0 Å². The van der Waals surface area contributed by atoms with Gasteiger partial charge in [0.15, 0.2) is 6.10 Å². The molecule has 7 heteroatoms. The maximum atomic E-state index is 11.8. The monoisotopic (exact) mass is 329 g/mol. The normalized spacial score (nSPS) is 12.6. The molecule has 0 saturated heterocycles. The number of carboxylic acid groups (broad SMARTS) is 1. The highest BCUT2D eigenvalue weighted by molar-refractivity contribution is 6.33. The Morgan fingerprint density at radius 1 is 1.36 bits per heavy atom. The van der Waals surface area contributed by atoms with E-state index in [1.54, 1.807) is 39.0 Å². The van der Waals surface area contributed by atoms with Crippen molar-refractivity contribution in [1.29, 1.82) is 0 Å². The van der Waals surface area contributed by atoms with E-state index < -0.39 is 23.8 Å². The van der Waals surface area contributed by atoms with Gasteiger partial charge in [-0.05, 0) is 38.5 Å². The standard InChI is InChI=1S/C15H20ClNO5/c1-15(2,3)22-14(20)17-11-7-9(5-6-10(11)16)8-12(21-4)13(18)19/h5-7,12H,8H2,1-4H3,(H,17,20)(H,18,19). The molecule has 0 aliphatic carbocycles. The molecule has 1 aromatic rings. The molecular weight excluding hydrogens is 310 g/mol. The van der Waals surface area contributed by atoms with Gasteiger partial charge >= 0.3 is 12.1 Å². The maximum Gasteiger partial charge on any atom is 0.412 e. The Morgan fingerprint density at radius 2 is 2.00 bits per heavy atom. The van der Waals surface area contributed by atoms with Crippen molar-refractivity contribution in [2.75, 3.05) is 12.4 Å². The molecule has 0 bridgehead atoms. The van der Waals surface area contributed by atoms with Crippen LogP contribution in [0.4, 0.5) is 10.5 Å². The largest absolute Gasteiger partial charge is 0.479 e. The minimum Gasteiger partial charge on any atom is -0.479 e. The number of anilines is 1. The first kappa shape index (κ1) is 18.3. The fraction of sp³-hybridized carbons (Fsp3) is 0.467. The van der Waals surface area contributed by atoms with E-state index in [0.717, 1.165) is 0 Å². The van der Waals surface area contributed by atoms with Crippen LogP contribution in [0.2, 0.25) is 5.02 Å². The number of methoxy groups -OCH3 is 1. The van der Waals surface area contributed by atoms with Gasteiger partial charge in [0.1, 0.15) is 5.60 Å². The van der Waals surface area contributed by atoms with Gasteiger partial charge in [-0.15, -0.1) is 0 Å². The molecule has 0 radical (unpaired) electrons. The third-order valence-corrected chi connectivity index (χ3v) is 2.98. The molecule has 0 aromatic heterocycles. The summed E-state index contributed by atoms with van der Waals surface area (Å²) in [5, 5.41) is 11.9. The number of halogens is 1. The predicted molar refractivity (Wildman–Crippen MR) is 83.4 cm³/mol. The summed E-state index contributed by atoms with van der Waals surface area (Å²) in [6.45, 7) is 5.25. The lowest BCUT2D eigenvalue weighted by atomic mass is 10.1. The molecule has 0 spiro atoms. The van der Waals surface area contributed by atoms with Crippen LogP contribution in [0.15, 0.2) is 18.2 Å². The van der Waals surface area contributed by atoms with Gasteiger partial charge in [0.05, 0.1) is 10.7 Å². The molecule has 6 nitrogen and oxygen atoms in total. The Morgan fingerprint density at radius 3 is 2.50 bits per heavy atom. The molecule has 1 rings (SSSR count). The minimum atomic E-state index is -1.06. The number of carbonyl (C=O) groups is 2. The van der Waals surface area contributed by atoms with Gasteiger partial charge in [-0.1, -0.05) is 17.7 Å². The molecule has 122 valence electrons. The van der Waals surface area contributed by atoms with E-state index >= 15 is 0 Å². The molecule has 1 aromatic carbocycles. The first-order chi connectivity index (χ1) is 10.1. The Hall–Kier alpha value is -1.79. The number of carbonyl (C=O) groups excluding carboxylic acids is 1. The smallest absolute Gasteiger partial charge is 0.412 e. The van der Waals surface area contributed by atoms with Crippen molar-refractivity contribution in [1.82, 2.24) is 0 Å². The molecule has 0 aliphatic rings. The van der Waals surface area contributed by atoms with E-state index in [-0.39, 0.29) is 6.42 Å². The van der Waals surface area contributed by atoms with E-state index in [9.17, 15) is 9.59 Å². The van der Waals surface area contributed by atoms with Crippen LogP contribution in [0.5, 0.6) is 0 Å². The number of nitrogens with one attached hydrogen (secondary N) is 1. The maximum absolute atomic E-state index is 11.8. The third-order valence-electron chi connectivity index (χ3n) is 2.65. The van der Waals surface area contributed by atoms with Crippen molar-refractivity contribution < 1.29 is 24.2 Å². The van der Waals surface area contributed by atoms with Crippen molar-refractivity contribution >= 4 is 29.4 Å². The summed E-state index contributed by atoms with van der Waals surface area (Å²) in [4.78, 5) is 22.7. The fourth-order valence-corrected chi connectivity index (χ4v) is 1.86. The average molecular weight is 330 g/mol. The van der Waals surface area contributed by atoms with Gasteiger partial charge in [-0.25, -0.2) is 9.59 Å².